The third-order valence-corrected chi connectivity index (χ3v) is 3.85. The van der Waals surface area contributed by atoms with Gasteiger partial charge in [0.25, 0.3) is 5.91 Å². The smallest absolute Gasteiger partial charge is 0.276 e. The van der Waals surface area contributed by atoms with Crippen molar-refractivity contribution < 1.29 is 9.53 Å². The highest BCUT2D eigenvalue weighted by molar-refractivity contribution is 6.03. The molecule has 0 aliphatic heterocycles. The van der Waals surface area contributed by atoms with Crippen molar-refractivity contribution in [3.63, 3.8) is 0 Å². The lowest BCUT2D eigenvalue weighted by molar-refractivity contribution is 0.102. The van der Waals surface area contributed by atoms with Gasteiger partial charge in [0, 0.05) is 23.6 Å². The zero-order chi connectivity index (χ0) is 17.6. The molecule has 2 aromatic carbocycles. The summed E-state index contributed by atoms with van der Waals surface area (Å²) < 4.78 is 7.22. The van der Waals surface area contributed by atoms with Gasteiger partial charge in [0.05, 0.1) is 12.3 Å². The summed E-state index contributed by atoms with van der Waals surface area (Å²) in [6, 6.07) is 19.2. The minimum atomic E-state index is -0.235. The summed E-state index contributed by atoms with van der Waals surface area (Å²) in [5, 5.41) is 7.37. The molecule has 3 aromatic rings. The Labute approximate surface area is 147 Å². The molecule has 1 N–H and O–H groups in total. The van der Waals surface area contributed by atoms with E-state index in [1.165, 1.54) is 0 Å². The number of para-hydroxylation sites is 2. The van der Waals surface area contributed by atoms with Crippen LogP contribution in [0.3, 0.4) is 0 Å². The molecule has 5 nitrogen and oxygen atoms in total. The highest BCUT2D eigenvalue weighted by Crippen LogP contribution is 2.18. The van der Waals surface area contributed by atoms with E-state index in [1.807, 2.05) is 68.4 Å². The van der Waals surface area contributed by atoms with Crippen molar-refractivity contribution in [1.82, 2.24) is 9.78 Å². The fourth-order valence-corrected chi connectivity index (χ4v) is 2.58. The topological polar surface area (TPSA) is 56.1 Å². The maximum Gasteiger partial charge on any atom is 0.276 e. The van der Waals surface area contributed by atoms with E-state index < -0.39 is 0 Å². The Morgan fingerprint density at radius 3 is 2.60 bits per heavy atom. The second kappa shape index (κ2) is 7.77. The molecule has 0 spiro atoms. The number of benzene rings is 2. The van der Waals surface area contributed by atoms with Crippen LogP contribution in [-0.4, -0.2) is 22.3 Å². The number of hydrogen-bond donors (Lipinski definition) is 1. The van der Waals surface area contributed by atoms with Crippen molar-refractivity contribution >= 4 is 11.6 Å². The van der Waals surface area contributed by atoms with E-state index in [1.54, 1.807) is 10.7 Å². The normalized spacial score (nSPS) is 10.6. The third kappa shape index (κ3) is 3.95. The molecule has 0 aliphatic rings. The fraction of sp³-hybridized carbons (Fsp3) is 0.200. The third-order valence-electron chi connectivity index (χ3n) is 3.85. The molecule has 3 rings (SSSR count). The molecule has 0 saturated carbocycles. The number of nitrogens with one attached hydrogen (secondary N) is 1. The Balaban J connectivity index is 1.81. The largest absolute Gasteiger partial charge is 0.377 e. The minimum absolute atomic E-state index is 0.235. The average molecular weight is 335 g/mol. The molecule has 5 heteroatoms. The monoisotopic (exact) mass is 335 g/mol. The van der Waals surface area contributed by atoms with Crippen molar-refractivity contribution in [2.45, 2.75) is 20.5 Å². The molecular weight excluding hydrogens is 314 g/mol. The predicted octanol–water partition coefficient (Wildman–Crippen LogP) is 3.97. The van der Waals surface area contributed by atoms with E-state index in [0.717, 1.165) is 22.6 Å². The van der Waals surface area contributed by atoms with Crippen LogP contribution in [0.2, 0.25) is 0 Å². The molecule has 0 unspecified atom stereocenters. The Kier molecular flexibility index (Phi) is 5.26. The van der Waals surface area contributed by atoms with Gasteiger partial charge in [-0.3, -0.25) is 4.79 Å². The molecule has 128 valence electrons. The van der Waals surface area contributed by atoms with Crippen LogP contribution in [0.4, 0.5) is 5.69 Å². The van der Waals surface area contributed by atoms with Gasteiger partial charge in [0.1, 0.15) is 0 Å². The molecule has 0 bridgehead atoms. The van der Waals surface area contributed by atoms with Gasteiger partial charge in [-0.1, -0.05) is 36.4 Å². The maximum atomic E-state index is 12.6. The maximum absolute atomic E-state index is 12.6. The second-order valence-corrected chi connectivity index (χ2v) is 5.67. The Hall–Kier alpha value is -2.92. The van der Waals surface area contributed by atoms with Gasteiger partial charge < -0.3 is 10.1 Å². The molecule has 1 aromatic heterocycles. The lowest BCUT2D eigenvalue weighted by Crippen LogP contribution is -2.14. The molecule has 25 heavy (non-hydrogen) atoms. The summed E-state index contributed by atoms with van der Waals surface area (Å²) >= 11 is 0. The van der Waals surface area contributed by atoms with Crippen LogP contribution >= 0.6 is 0 Å². The number of aryl methyl sites for hydroxylation is 1. The number of anilines is 1. The summed E-state index contributed by atoms with van der Waals surface area (Å²) in [5.74, 6) is -0.235. The van der Waals surface area contributed by atoms with Gasteiger partial charge in [-0.15, -0.1) is 0 Å². The van der Waals surface area contributed by atoms with Gasteiger partial charge >= 0.3 is 0 Å². The first-order valence-corrected chi connectivity index (χ1v) is 8.28. The van der Waals surface area contributed by atoms with Gasteiger partial charge in [0.2, 0.25) is 0 Å². The summed E-state index contributed by atoms with van der Waals surface area (Å²) in [6.07, 6.45) is 0. The number of carbonyl (C=O) groups is 1. The van der Waals surface area contributed by atoms with Crippen molar-refractivity contribution in [1.29, 1.82) is 0 Å². The molecule has 1 amide bonds. The molecule has 0 aliphatic carbocycles. The Bertz CT molecular complexity index is 856. The number of aromatic nitrogens is 2. The van der Waals surface area contributed by atoms with Crippen LogP contribution in [0.15, 0.2) is 60.7 Å². The minimum Gasteiger partial charge on any atom is -0.377 e. The van der Waals surface area contributed by atoms with E-state index in [2.05, 4.69) is 10.4 Å². The number of amides is 1. The SMILES string of the molecule is CCOCc1ccccc1NC(=O)c1cc(C)n(-c2ccccc2)n1. The quantitative estimate of drug-likeness (QED) is 0.741. The highest BCUT2D eigenvalue weighted by atomic mass is 16.5. The standard InChI is InChI=1S/C20H21N3O2/c1-3-25-14-16-9-7-8-12-18(16)21-20(24)19-13-15(2)23(22-19)17-10-5-4-6-11-17/h4-13H,3,14H2,1-2H3,(H,21,24). The van der Waals surface area contributed by atoms with Crippen LogP contribution in [0, 0.1) is 6.92 Å². The number of carbonyl (C=O) groups excluding carboxylic acids is 1. The molecule has 1 heterocycles. The van der Waals surface area contributed by atoms with E-state index in [0.29, 0.717) is 18.9 Å². The summed E-state index contributed by atoms with van der Waals surface area (Å²) in [7, 11) is 0. The van der Waals surface area contributed by atoms with Crippen molar-refractivity contribution in [3.05, 3.63) is 77.6 Å². The molecular formula is C20H21N3O2. The van der Waals surface area contributed by atoms with Crippen LogP contribution < -0.4 is 5.32 Å². The van der Waals surface area contributed by atoms with Gasteiger partial charge in [-0.25, -0.2) is 4.68 Å². The van der Waals surface area contributed by atoms with E-state index >= 15 is 0 Å². The predicted molar refractivity (Wildman–Crippen MR) is 98.0 cm³/mol. The molecule has 0 fully saturated rings. The van der Waals surface area contributed by atoms with Crippen LogP contribution in [0.1, 0.15) is 28.7 Å². The number of ether oxygens (including phenoxy) is 1. The summed E-state index contributed by atoms with van der Waals surface area (Å²) in [4.78, 5) is 12.6. The molecule has 0 radical (unpaired) electrons. The van der Waals surface area contributed by atoms with Gasteiger partial charge in [-0.2, -0.15) is 5.10 Å². The second-order valence-electron chi connectivity index (χ2n) is 5.67. The lowest BCUT2D eigenvalue weighted by Gasteiger charge is -2.10. The fourth-order valence-electron chi connectivity index (χ4n) is 2.58. The van der Waals surface area contributed by atoms with Crippen molar-refractivity contribution in [2.75, 3.05) is 11.9 Å². The van der Waals surface area contributed by atoms with Crippen LogP contribution in [0.5, 0.6) is 0 Å². The molecule has 0 atom stereocenters. The molecule has 0 saturated heterocycles. The zero-order valence-electron chi connectivity index (χ0n) is 14.4. The van der Waals surface area contributed by atoms with Crippen LogP contribution in [0.25, 0.3) is 5.69 Å². The van der Waals surface area contributed by atoms with E-state index in [4.69, 9.17) is 4.74 Å². The van der Waals surface area contributed by atoms with Gasteiger partial charge in [-0.05, 0) is 38.1 Å². The van der Waals surface area contributed by atoms with Crippen molar-refractivity contribution in [3.8, 4) is 5.69 Å². The number of nitrogens with zero attached hydrogens (tertiary/aromatic N) is 2. The first kappa shape index (κ1) is 16.9. The first-order chi connectivity index (χ1) is 12.2. The van der Waals surface area contributed by atoms with Crippen LogP contribution in [-0.2, 0) is 11.3 Å². The van der Waals surface area contributed by atoms with E-state index in [9.17, 15) is 4.79 Å². The summed E-state index contributed by atoms with van der Waals surface area (Å²) in [6.45, 7) is 4.97. The lowest BCUT2D eigenvalue weighted by atomic mass is 10.2. The first-order valence-electron chi connectivity index (χ1n) is 8.28. The van der Waals surface area contributed by atoms with Crippen molar-refractivity contribution in [2.24, 2.45) is 0 Å². The number of hydrogen-bond acceptors (Lipinski definition) is 3. The van der Waals surface area contributed by atoms with Gasteiger partial charge in [0.15, 0.2) is 5.69 Å². The average Bonchev–Trinajstić information content (AvgIpc) is 3.03. The Morgan fingerprint density at radius 1 is 1.12 bits per heavy atom. The Morgan fingerprint density at radius 2 is 1.84 bits per heavy atom. The number of rotatable bonds is 6. The zero-order valence-corrected chi connectivity index (χ0v) is 14.4. The highest BCUT2D eigenvalue weighted by Gasteiger charge is 2.14. The summed E-state index contributed by atoms with van der Waals surface area (Å²) in [5.41, 5.74) is 3.90. The van der Waals surface area contributed by atoms with E-state index in [-0.39, 0.29) is 5.91 Å².